The smallest absolute Gasteiger partial charge is 0.472 e. The molecule has 0 radical (unpaired) electrons. The molecule has 0 bridgehead atoms. The summed E-state index contributed by atoms with van der Waals surface area (Å²) < 4.78 is 28.1. The summed E-state index contributed by atoms with van der Waals surface area (Å²) in [4.78, 5) is 22.0. The van der Waals surface area contributed by atoms with Gasteiger partial charge in [-0.2, -0.15) is 0 Å². The van der Waals surface area contributed by atoms with Gasteiger partial charge < -0.3 is 19.0 Å². The number of ether oxygens (including phenoxy) is 1. The van der Waals surface area contributed by atoms with E-state index < -0.39 is 14.6 Å². The van der Waals surface area contributed by atoms with Crippen molar-refractivity contribution in [3.63, 3.8) is 0 Å². The lowest BCUT2D eigenvalue weighted by Gasteiger charge is -2.07. The van der Waals surface area contributed by atoms with Crippen LogP contribution in [0.25, 0.3) is 11.3 Å². The Morgan fingerprint density at radius 1 is 1.12 bits per heavy atom. The van der Waals surface area contributed by atoms with Gasteiger partial charge in [-0.05, 0) is 48.4 Å². The van der Waals surface area contributed by atoms with Crippen LogP contribution < -0.4 is 15.0 Å². The van der Waals surface area contributed by atoms with E-state index in [4.69, 9.17) is 24.8 Å². The third-order valence-electron chi connectivity index (χ3n) is 4.95. The van der Waals surface area contributed by atoms with Crippen LogP contribution in [0.15, 0.2) is 71.6 Å². The molecule has 3 heterocycles. The molecule has 0 aliphatic rings. The highest BCUT2D eigenvalue weighted by Crippen LogP contribution is 2.35. The Hall–Kier alpha value is -3.56. The lowest BCUT2D eigenvalue weighted by Crippen LogP contribution is -2.38. The minimum absolute atomic E-state index is 0.226. The van der Waals surface area contributed by atoms with Crippen LogP contribution in [0.4, 0.5) is 5.82 Å². The maximum atomic E-state index is 11.0. The minimum atomic E-state index is -4.62. The van der Waals surface area contributed by atoms with Gasteiger partial charge in [-0.15, -0.1) is 0 Å². The number of nitrogens with two attached hydrogens (primary N) is 1. The van der Waals surface area contributed by atoms with Crippen molar-refractivity contribution in [3.8, 4) is 17.1 Å². The summed E-state index contributed by atoms with van der Waals surface area (Å²) in [6, 6.07) is 14.9. The number of hydrogen-bond acceptors (Lipinski definition) is 7. The van der Waals surface area contributed by atoms with E-state index in [0.717, 1.165) is 22.4 Å². The van der Waals surface area contributed by atoms with Crippen molar-refractivity contribution in [1.82, 2.24) is 10.1 Å². The summed E-state index contributed by atoms with van der Waals surface area (Å²) in [6.07, 6.45) is 5.68. The fraction of sp³-hybridized carbons (Fsp3) is 0.174. The number of anilines is 1. The van der Waals surface area contributed by atoms with Gasteiger partial charge in [0.1, 0.15) is 17.9 Å². The van der Waals surface area contributed by atoms with Crippen LogP contribution in [0.2, 0.25) is 0 Å². The van der Waals surface area contributed by atoms with E-state index in [2.05, 4.69) is 14.7 Å². The van der Waals surface area contributed by atoms with Crippen molar-refractivity contribution < 1.29 is 32.7 Å². The van der Waals surface area contributed by atoms with Gasteiger partial charge in [0.05, 0.1) is 11.9 Å². The molecule has 11 heteroatoms. The molecule has 0 spiro atoms. The summed E-state index contributed by atoms with van der Waals surface area (Å²) >= 11 is 0. The molecule has 0 aliphatic heterocycles. The molecule has 0 aliphatic carbocycles. The molecule has 4 N–H and O–H groups in total. The van der Waals surface area contributed by atoms with Gasteiger partial charge in [-0.25, -0.2) is 13.7 Å². The largest absolute Gasteiger partial charge is 0.489 e. The molecular weight excluding hydrogens is 459 g/mol. The Kier molecular flexibility index (Phi) is 7.04. The lowest BCUT2D eigenvalue weighted by atomic mass is 10.1. The number of aromatic nitrogens is 3. The monoisotopic (exact) mass is 483 g/mol. The van der Waals surface area contributed by atoms with Gasteiger partial charge in [0, 0.05) is 30.4 Å². The normalized spacial score (nSPS) is 11.5. The predicted molar refractivity (Wildman–Crippen MR) is 122 cm³/mol. The van der Waals surface area contributed by atoms with Crippen molar-refractivity contribution in [2.75, 3.05) is 5.73 Å². The first-order valence-electron chi connectivity index (χ1n) is 10.3. The lowest BCUT2D eigenvalue weighted by molar-refractivity contribution is -0.711. The number of hydrogen-bond donors (Lipinski definition) is 3. The Bertz CT molecular complexity index is 1320. The molecule has 1 aromatic carbocycles. The average molecular weight is 483 g/mol. The topological polar surface area (TPSA) is 145 Å². The van der Waals surface area contributed by atoms with Gasteiger partial charge in [0.2, 0.25) is 6.73 Å². The second-order valence-electron chi connectivity index (χ2n) is 7.69. The molecule has 10 nitrogen and oxygen atoms in total. The molecule has 0 amide bonds. The van der Waals surface area contributed by atoms with Gasteiger partial charge in [0.15, 0.2) is 5.76 Å². The highest BCUT2D eigenvalue weighted by Gasteiger charge is 2.20. The highest BCUT2D eigenvalue weighted by atomic mass is 31.2. The zero-order chi connectivity index (χ0) is 24.1. The number of phosphoric ester groups is 1. The SMILES string of the molecule is Cc1cncc(COc2ccc(Cc3cc(-c4ccc[n+](COP(=O)(O)O)c4N)on3)cc2)c1. The highest BCUT2D eigenvalue weighted by molar-refractivity contribution is 7.46. The fourth-order valence-electron chi connectivity index (χ4n) is 3.32. The summed E-state index contributed by atoms with van der Waals surface area (Å²) in [6.45, 7) is 2.03. The standard InChI is InChI=1S/C23H23N4O6P/c1-16-9-18(13-25-12-16)14-31-20-6-4-17(5-7-20)10-19-11-22(33-26-19)21-3-2-8-27(23(21)24)15-32-34(28,29)30/h2-9,11-13,24H,10,14-15H2,1H3,(H2,28,29,30)/p+1. The third kappa shape index (κ3) is 6.27. The second kappa shape index (κ2) is 10.1. The van der Waals surface area contributed by atoms with Gasteiger partial charge in [-0.3, -0.25) is 10.7 Å². The quantitative estimate of drug-likeness (QED) is 0.241. The Morgan fingerprint density at radius 3 is 2.65 bits per heavy atom. The molecule has 176 valence electrons. The number of nitrogen functional groups attached to an aromatic ring is 1. The van der Waals surface area contributed by atoms with E-state index in [0.29, 0.717) is 30.0 Å². The van der Waals surface area contributed by atoms with Crippen molar-refractivity contribution in [2.45, 2.75) is 26.7 Å². The second-order valence-corrected chi connectivity index (χ2v) is 8.93. The zero-order valence-corrected chi connectivity index (χ0v) is 19.3. The summed E-state index contributed by atoms with van der Waals surface area (Å²) in [5.74, 6) is 1.42. The molecule has 4 aromatic rings. The van der Waals surface area contributed by atoms with Crippen LogP contribution in [-0.2, 0) is 28.8 Å². The summed E-state index contributed by atoms with van der Waals surface area (Å²) in [5, 5.41) is 4.12. The minimum Gasteiger partial charge on any atom is -0.489 e. The Morgan fingerprint density at radius 2 is 1.91 bits per heavy atom. The van der Waals surface area contributed by atoms with Crippen molar-refractivity contribution in [1.29, 1.82) is 0 Å². The number of phosphoric acid groups is 1. The predicted octanol–water partition coefficient (Wildman–Crippen LogP) is 3.15. The first kappa shape index (κ1) is 23.6. The van der Waals surface area contributed by atoms with Gasteiger partial charge in [-0.1, -0.05) is 17.3 Å². The first-order valence-corrected chi connectivity index (χ1v) is 11.9. The van der Waals surface area contributed by atoms with Crippen LogP contribution >= 0.6 is 7.82 Å². The van der Waals surface area contributed by atoms with E-state index in [-0.39, 0.29) is 5.82 Å². The molecule has 0 atom stereocenters. The molecule has 0 saturated carbocycles. The van der Waals surface area contributed by atoms with E-state index >= 15 is 0 Å². The summed E-state index contributed by atoms with van der Waals surface area (Å²) in [7, 11) is -4.62. The van der Waals surface area contributed by atoms with Gasteiger partial charge in [0.25, 0.3) is 5.82 Å². The van der Waals surface area contributed by atoms with E-state index in [1.165, 1.54) is 4.57 Å². The van der Waals surface area contributed by atoms with Crippen LogP contribution in [0.3, 0.4) is 0 Å². The van der Waals surface area contributed by atoms with Crippen molar-refractivity contribution >= 4 is 13.6 Å². The molecule has 0 saturated heterocycles. The first-order chi connectivity index (χ1) is 16.3. The van der Waals surface area contributed by atoms with Crippen LogP contribution in [0.5, 0.6) is 5.75 Å². The maximum absolute atomic E-state index is 11.0. The maximum Gasteiger partial charge on any atom is 0.472 e. The van der Waals surface area contributed by atoms with E-state index in [9.17, 15) is 4.57 Å². The van der Waals surface area contributed by atoms with Crippen molar-refractivity contribution in [3.05, 3.63) is 89.5 Å². The molecule has 4 rings (SSSR count). The van der Waals surface area contributed by atoms with Crippen LogP contribution in [0, 0.1) is 6.92 Å². The number of aryl methyl sites for hydroxylation is 1. The molecular formula is C23H24N4O6P+. The van der Waals surface area contributed by atoms with E-state index in [1.54, 1.807) is 36.8 Å². The molecule has 0 unspecified atom stereocenters. The average Bonchev–Trinajstić information content (AvgIpc) is 3.25. The Balaban J connectivity index is 1.40. The summed E-state index contributed by atoms with van der Waals surface area (Å²) in [5.41, 5.74) is 10.5. The number of rotatable bonds is 9. The molecule has 34 heavy (non-hydrogen) atoms. The van der Waals surface area contributed by atoms with Crippen LogP contribution in [0.1, 0.15) is 22.4 Å². The van der Waals surface area contributed by atoms with Crippen molar-refractivity contribution in [2.24, 2.45) is 0 Å². The number of pyridine rings is 2. The van der Waals surface area contributed by atoms with E-state index in [1.807, 2.05) is 37.3 Å². The number of benzene rings is 1. The Labute approximate surface area is 195 Å². The third-order valence-corrected chi connectivity index (χ3v) is 5.40. The molecule has 3 aromatic heterocycles. The number of nitrogens with zero attached hydrogens (tertiary/aromatic N) is 3. The molecule has 0 fully saturated rings. The zero-order valence-electron chi connectivity index (χ0n) is 18.4. The van der Waals surface area contributed by atoms with Crippen LogP contribution in [-0.4, -0.2) is 19.9 Å². The van der Waals surface area contributed by atoms with Gasteiger partial charge >= 0.3 is 7.82 Å². The fourth-order valence-corrected chi connectivity index (χ4v) is 3.59.